The Morgan fingerprint density at radius 3 is 2.57 bits per heavy atom. The monoisotopic (exact) mass is 190 g/mol. The van der Waals surface area contributed by atoms with Crippen molar-refractivity contribution >= 4 is 5.97 Å². The Morgan fingerprint density at radius 1 is 1.36 bits per heavy atom. The van der Waals surface area contributed by atoms with Crippen LogP contribution in [-0.2, 0) is 16.0 Å². The quantitative estimate of drug-likeness (QED) is 0.538. The minimum Gasteiger partial charge on any atom is -0.461 e. The van der Waals surface area contributed by atoms with Crippen molar-refractivity contribution in [1.29, 1.82) is 0 Å². The normalized spacial score (nSPS) is 9.50. The Balaban J connectivity index is 2.38. The Kier molecular flexibility index (Phi) is 3.92. The number of hydrogen-bond donors (Lipinski definition) is 0. The molecule has 0 aliphatic rings. The van der Waals surface area contributed by atoms with Gasteiger partial charge in [-0.25, -0.2) is 0 Å². The van der Waals surface area contributed by atoms with E-state index in [2.05, 4.69) is 6.58 Å². The van der Waals surface area contributed by atoms with Gasteiger partial charge in [-0.3, -0.25) is 4.79 Å². The summed E-state index contributed by atoms with van der Waals surface area (Å²) in [6, 6.07) is 9.99. The van der Waals surface area contributed by atoms with E-state index < -0.39 is 0 Å². The predicted molar refractivity (Wildman–Crippen MR) is 55.9 cm³/mol. The molecule has 0 spiro atoms. The van der Waals surface area contributed by atoms with Gasteiger partial charge in [-0.05, 0) is 17.6 Å². The Labute approximate surface area is 84.2 Å². The van der Waals surface area contributed by atoms with Gasteiger partial charge in [-0.15, -0.1) is 0 Å². The molecule has 1 rings (SSSR count). The van der Waals surface area contributed by atoms with E-state index in [9.17, 15) is 4.79 Å². The minimum absolute atomic E-state index is 0.265. The fourth-order valence-electron chi connectivity index (χ4n) is 1.14. The first-order valence-corrected chi connectivity index (χ1v) is 4.52. The van der Waals surface area contributed by atoms with Crippen LogP contribution >= 0.6 is 0 Å². The number of rotatable bonds is 4. The topological polar surface area (TPSA) is 26.3 Å². The summed E-state index contributed by atoms with van der Waals surface area (Å²) < 4.78 is 4.84. The summed E-state index contributed by atoms with van der Waals surface area (Å²) in [5.41, 5.74) is 2.09. The zero-order chi connectivity index (χ0) is 10.4. The lowest BCUT2D eigenvalue weighted by molar-refractivity contribution is -0.140. The highest BCUT2D eigenvalue weighted by atomic mass is 16.5. The van der Waals surface area contributed by atoms with Gasteiger partial charge in [0.25, 0.3) is 0 Å². The van der Waals surface area contributed by atoms with Crippen molar-refractivity contribution in [1.82, 2.24) is 0 Å². The highest BCUT2D eigenvalue weighted by Crippen LogP contribution is 2.06. The van der Waals surface area contributed by atoms with E-state index in [1.54, 1.807) is 0 Å². The summed E-state index contributed by atoms with van der Waals surface area (Å²) in [5.74, 6) is -0.265. The fourth-order valence-corrected chi connectivity index (χ4v) is 1.14. The van der Waals surface area contributed by atoms with E-state index in [0.29, 0.717) is 6.61 Å². The second-order valence-electron chi connectivity index (χ2n) is 3.19. The van der Waals surface area contributed by atoms with E-state index in [1.807, 2.05) is 30.3 Å². The van der Waals surface area contributed by atoms with Crippen molar-refractivity contribution in [2.45, 2.75) is 13.3 Å². The lowest BCUT2D eigenvalue weighted by Gasteiger charge is -2.05. The van der Waals surface area contributed by atoms with Crippen LogP contribution in [0.2, 0.25) is 0 Å². The molecule has 0 N–H and O–H groups in total. The maximum Gasteiger partial charge on any atom is 0.302 e. The molecule has 0 unspecified atom stereocenters. The van der Waals surface area contributed by atoms with Gasteiger partial charge >= 0.3 is 5.97 Å². The fraction of sp³-hybridized carbons (Fsp3) is 0.250. The van der Waals surface area contributed by atoms with E-state index in [1.165, 1.54) is 12.5 Å². The van der Waals surface area contributed by atoms with Crippen molar-refractivity contribution in [2.24, 2.45) is 0 Å². The van der Waals surface area contributed by atoms with Crippen LogP contribution in [0.3, 0.4) is 0 Å². The van der Waals surface area contributed by atoms with Crippen molar-refractivity contribution in [3.8, 4) is 0 Å². The smallest absolute Gasteiger partial charge is 0.302 e. The standard InChI is InChI=1S/C12H14O2/c1-10(9-14-11(2)13)8-12-6-4-3-5-7-12/h3-7H,1,8-9H2,2H3. The Morgan fingerprint density at radius 2 is 2.00 bits per heavy atom. The molecule has 0 saturated heterocycles. The van der Waals surface area contributed by atoms with Crippen LogP contribution in [0.4, 0.5) is 0 Å². The van der Waals surface area contributed by atoms with Crippen LogP contribution in [-0.4, -0.2) is 12.6 Å². The predicted octanol–water partition coefficient (Wildman–Crippen LogP) is 2.35. The molecule has 0 aromatic heterocycles. The number of esters is 1. The molecule has 0 radical (unpaired) electrons. The molecule has 0 amide bonds. The summed E-state index contributed by atoms with van der Waals surface area (Å²) in [5, 5.41) is 0. The Bertz CT molecular complexity index is 314. The average molecular weight is 190 g/mol. The second-order valence-corrected chi connectivity index (χ2v) is 3.19. The first kappa shape index (κ1) is 10.5. The average Bonchev–Trinajstić information content (AvgIpc) is 2.16. The van der Waals surface area contributed by atoms with Crippen LogP contribution in [0.15, 0.2) is 42.5 Å². The van der Waals surface area contributed by atoms with Gasteiger partial charge in [0.2, 0.25) is 0 Å². The molecule has 2 nitrogen and oxygen atoms in total. The van der Waals surface area contributed by atoms with Crippen LogP contribution < -0.4 is 0 Å². The molecule has 0 aliphatic carbocycles. The molecule has 1 aromatic rings. The number of hydrogen-bond acceptors (Lipinski definition) is 2. The molecule has 74 valence electrons. The highest BCUT2D eigenvalue weighted by Gasteiger charge is 1.99. The van der Waals surface area contributed by atoms with Crippen molar-refractivity contribution in [3.05, 3.63) is 48.0 Å². The second kappa shape index (κ2) is 5.22. The first-order chi connectivity index (χ1) is 6.68. The van der Waals surface area contributed by atoms with Gasteiger partial charge in [-0.1, -0.05) is 36.9 Å². The van der Waals surface area contributed by atoms with Crippen molar-refractivity contribution < 1.29 is 9.53 Å². The third-order valence-corrected chi connectivity index (χ3v) is 1.78. The lowest BCUT2D eigenvalue weighted by Crippen LogP contribution is -2.04. The molecule has 14 heavy (non-hydrogen) atoms. The summed E-state index contributed by atoms with van der Waals surface area (Å²) in [6.45, 7) is 5.55. The molecule has 0 bridgehead atoms. The number of benzene rings is 1. The molecular formula is C12H14O2. The van der Waals surface area contributed by atoms with E-state index in [0.717, 1.165) is 12.0 Å². The molecule has 0 fully saturated rings. The number of carbonyl (C=O) groups is 1. The van der Waals surface area contributed by atoms with Gasteiger partial charge < -0.3 is 4.74 Å². The lowest BCUT2D eigenvalue weighted by atomic mass is 10.1. The molecule has 2 heteroatoms. The largest absolute Gasteiger partial charge is 0.461 e. The summed E-state index contributed by atoms with van der Waals surface area (Å²) in [4.78, 5) is 10.5. The number of ether oxygens (including phenoxy) is 1. The summed E-state index contributed by atoms with van der Waals surface area (Å²) in [6.07, 6.45) is 0.758. The third kappa shape index (κ3) is 3.90. The van der Waals surface area contributed by atoms with Crippen molar-refractivity contribution in [2.75, 3.05) is 6.61 Å². The van der Waals surface area contributed by atoms with Crippen LogP contribution in [0.5, 0.6) is 0 Å². The molecule has 0 atom stereocenters. The zero-order valence-electron chi connectivity index (χ0n) is 8.32. The number of carbonyl (C=O) groups excluding carboxylic acids is 1. The maximum absolute atomic E-state index is 10.5. The molecule has 0 aliphatic heterocycles. The first-order valence-electron chi connectivity index (χ1n) is 4.52. The maximum atomic E-state index is 10.5. The van der Waals surface area contributed by atoms with Crippen LogP contribution in [0.1, 0.15) is 12.5 Å². The van der Waals surface area contributed by atoms with Gasteiger partial charge in [0.15, 0.2) is 0 Å². The van der Waals surface area contributed by atoms with Crippen LogP contribution in [0, 0.1) is 0 Å². The van der Waals surface area contributed by atoms with Crippen LogP contribution in [0.25, 0.3) is 0 Å². The minimum atomic E-state index is -0.265. The van der Waals surface area contributed by atoms with Gasteiger partial charge in [0.05, 0.1) is 0 Å². The van der Waals surface area contributed by atoms with Gasteiger partial charge in [0, 0.05) is 6.92 Å². The van der Waals surface area contributed by atoms with Crippen molar-refractivity contribution in [3.63, 3.8) is 0 Å². The summed E-state index contributed by atoms with van der Waals surface area (Å²) >= 11 is 0. The molecule has 0 heterocycles. The van der Waals surface area contributed by atoms with E-state index >= 15 is 0 Å². The molecular weight excluding hydrogens is 176 g/mol. The van der Waals surface area contributed by atoms with E-state index in [-0.39, 0.29) is 5.97 Å². The summed E-state index contributed by atoms with van der Waals surface area (Å²) in [7, 11) is 0. The van der Waals surface area contributed by atoms with Gasteiger partial charge in [0.1, 0.15) is 6.61 Å². The SMILES string of the molecule is C=C(COC(C)=O)Cc1ccccc1. The third-order valence-electron chi connectivity index (χ3n) is 1.78. The molecule has 0 saturated carbocycles. The highest BCUT2D eigenvalue weighted by molar-refractivity contribution is 5.66. The van der Waals surface area contributed by atoms with Gasteiger partial charge in [-0.2, -0.15) is 0 Å². The molecule has 1 aromatic carbocycles. The zero-order valence-corrected chi connectivity index (χ0v) is 8.32. The van der Waals surface area contributed by atoms with E-state index in [4.69, 9.17) is 4.74 Å². The Hall–Kier alpha value is -1.57.